The molecule has 0 bridgehead atoms. The number of thiophene rings is 1. The van der Waals surface area contributed by atoms with E-state index in [1.807, 2.05) is 18.2 Å². The summed E-state index contributed by atoms with van der Waals surface area (Å²) < 4.78 is 14.3. The fraction of sp³-hybridized carbons (Fsp3) is 0. The van der Waals surface area contributed by atoms with E-state index >= 15 is 0 Å². The Kier molecular flexibility index (Phi) is 2.47. The second-order valence-corrected chi connectivity index (χ2v) is 5.05. The molecule has 0 atom stereocenters. The summed E-state index contributed by atoms with van der Waals surface area (Å²) in [5.74, 6) is -0.170. The lowest BCUT2D eigenvalue weighted by Gasteiger charge is -1.97. The lowest BCUT2D eigenvalue weighted by Crippen LogP contribution is -1.78. The van der Waals surface area contributed by atoms with E-state index in [2.05, 4.69) is 15.9 Å². The zero-order valence-corrected chi connectivity index (χ0v) is 9.03. The molecule has 0 aliphatic carbocycles. The molecular formula is C10H6BrFS. The summed E-state index contributed by atoms with van der Waals surface area (Å²) in [6.45, 7) is 0. The van der Waals surface area contributed by atoms with Gasteiger partial charge in [0.25, 0.3) is 0 Å². The first-order valence-electron chi connectivity index (χ1n) is 3.77. The first kappa shape index (κ1) is 8.91. The topological polar surface area (TPSA) is 0 Å². The molecule has 2 aromatic rings. The number of halogens is 2. The van der Waals surface area contributed by atoms with Crippen LogP contribution in [0.15, 0.2) is 40.2 Å². The fourth-order valence-corrected chi connectivity index (χ4v) is 2.53. The summed E-state index contributed by atoms with van der Waals surface area (Å²) >= 11 is 4.88. The van der Waals surface area contributed by atoms with Crippen LogP contribution >= 0.6 is 27.3 Å². The quantitative estimate of drug-likeness (QED) is 0.713. The predicted octanol–water partition coefficient (Wildman–Crippen LogP) is 4.32. The van der Waals surface area contributed by atoms with Gasteiger partial charge in [0, 0.05) is 10.4 Å². The van der Waals surface area contributed by atoms with Gasteiger partial charge < -0.3 is 0 Å². The maximum absolute atomic E-state index is 13.3. The van der Waals surface area contributed by atoms with Crippen molar-refractivity contribution in [2.24, 2.45) is 0 Å². The maximum Gasteiger partial charge on any atom is 0.131 e. The van der Waals surface area contributed by atoms with Crippen LogP contribution in [-0.2, 0) is 0 Å². The van der Waals surface area contributed by atoms with Gasteiger partial charge >= 0.3 is 0 Å². The van der Waals surface area contributed by atoms with E-state index in [0.29, 0.717) is 5.56 Å². The minimum atomic E-state index is -0.170. The van der Waals surface area contributed by atoms with Gasteiger partial charge in [0.05, 0.1) is 3.79 Å². The third-order valence-corrected chi connectivity index (χ3v) is 3.37. The van der Waals surface area contributed by atoms with Crippen molar-refractivity contribution in [3.05, 3.63) is 46.0 Å². The van der Waals surface area contributed by atoms with Crippen molar-refractivity contribution in [2.45, 2.75) is 0 Å². The minimum absolute atomic E-state index is 0.170. The lowest BCUT2D eigenvalue weighted by molar-refractivity contribution is 0.631. The average Bonchev–Trinajstić information content (AvgIpc) is 2.53. The van der Waals surface area contributed by atoms with Crippen LogP contribution < -0.4 is 0 Å². The fourth-order valence-electron chi connectivity index (χ4n) is 1.12. The molecule has 0 unspecified atom stereocenters. The van der Waals surface area contributed by atoms with Gasteiger partial charge in [-0.3, -0.25) is 0 Å². The van der Waals surface area contributed by atoms with Gasteiger partial charge in [-0.05, 0) is 34.1 Å². The van der Waals surface area contributed by atoms with Crippen LogP contribution in [0.3, 0.4) is 0 Å². The van der Waals surface area contributed by atoms with E-state index in [1.165, 1.54) is 17.4 Å². The molecule has 2 rings (SSSR count). The second-order valence-electron chi connectivity index (χ2n) is 2.58. The maximum atomic E-state index is 13.3. The predicted molar refractivity (Wildman–Crippen MR) is 57.4 cm³/mol. The highest BCUT2D eigenvalue weighted by atomic mass is 79.9. The Hall–Kier alpha value is -0.670. The number of rotatable bonds is 1. The molecule has 0 nitrogen and oxygen atoms in total. The van der Waals surface area contributed by atoms with Gasteiger partial charge in [-0.15, -0.1) is 11.3 Å². The molecule has 0 spiro atoms. The first-order valence-corrected chi connectivity index (χ1v) is 5.38. The molecule has 13 heavy (non-hydrogen) atoms. The molecule has 1 aromatic heterocycles. The molecule has 3 heteroatoms. The third kappa shape index (κ3) is 1.81. The molecule has 66 valence electrons. The molecule has 0 N–H and O–H groups in total. The van der Waals surface area contributed by atoms with Crippen LogP contribution in [0.1, 0.15) is 0 Å². The zero-order chi connectivity index (χ0) is 9.26. The van der Waals surface area contributed by atoms with Crippen LogP contribution in [-0.4, -0.2) is 0 Å². The van der Waals surface area contributed by atoms with Crippen molar-refractivity contribution in [1.82, 2.24) is 0 Å². The van der Waals surface area contributed by atoms with Gasteiger partial charge in [0.15, 0.2) is 0 Å². The summed E-state index contributed by atoms with van der Waals surface area (Å²) in [5, 5.41) is 0. The zero-order valence-electron chi connectivity index (χ0n) is 6.63. The lowest BCUT2D eigenvalue weighted by atomic mass is 10.2. The van der Waals surface area contributed by atoms with Crippen molar-refractivity contribution >= 4 is 27.3 Å². The van der Waals surface area contributed by atoms with E-state index < -0.39 is 0 Å². The molecule has 1 heterocycles. The highest BCUT2D eigenvalue weighted by Crippen LogP contribution is 2.32. The average molecular weight is 257 g/mol. The van der Waals surface area contributed by atoms with E-state index in [4.69, 9.17) is 0 Å². The van der Waals surface area contributed by atoms with E-state index in [-0.39, 0.29) is 5.82 Å². The van der Waals surface area contributed by atoms with Crippen LogP contribution in [0.4, 0.5) is 4.39 Å². The second kappa shape index (κ2) is 3.60. The van der Waals surface area contributed by atoms with Crippen molar-refractivity contribution in [2.75, 3.05) is 0 Å². The Bertz CT molecular complexity index is 422. The monoisotopic (exact) mass is 256 g/mol. The molecule has 0 saturated heterocycles. The molecule has 0 amide bonds. The largest absolute Gasteiger partial charge is 0.206 e. The van der Waals surface area contributed by atoms with Crippen molar-refractivity contribution in [3.63, 3.8) is 0 Å². The van der Waals surface area contributed by atoms with Crippen molar-refractivity contribution in [1.29, 1.82) is 0 Å². The van der Waals surface area contributed by atoms with Gasteiger partial charge in [0.2, 0.25) is 0 Å². The van der Waals surface area contributed by atoms with Crippen LogP contribution in [0.25, 0.3) is 10.4 Å². The number of hydrogen-bond donors (Lipinski definition) is 0. The van der Waals surface area contributed by atoms with Crippen LogP contribution in [0.5, 0.6) is 0 Å². The molecule has 0 fully saturated rings. The van der Waals surface area contributed by atoms with E-state index in [0.717, 1.165) is 8.66 Å². The summed E-state index contributed by atoms with van der Waals surface area (Å²) in [7, 11) is 0. The number of benzene rings is 1. The Labute approximate surface area is 88.2 Å². The molecule has 0 aliphatic rings. The molecule has 0 saturated carbocycles. The first-order chi connectivity index (χ1) is 6.27. The Morgan fingerprint density at radius 3 is 2.46 bits per heavy atom. The normalized spacial score (nSPS) is 10.3. The number of hydrogen-bond acceptors (Lipinski definition) is 1. The Morgan fingerprint density at radius 1 is 1.08 bits per heavy atom. The Morgan fingerprint density at radius 2 is 1.85 bits per heavy atom. The Balaban J connectivity index is 2.52. The third-order valence-electron chi connectivity index (χ3n) is 1.71. The van der Waals surface area contributed by atoms with Gasteiger partial charge in [-0.1, -0.05) is 18.2 Å². The van der Waals surface area contributed by atoms with Crippen LogP contribution in [0, 0.1) is 5.82 Å². The van der Waals surface area contributed by atoms with Crippen LogP contribution in [0.2, 0.25) is 0 Å². The molecular weight excluding hydrogens is 251 g/mol. The minimum Gasteiger partial charge on any atom is -0.206 e. The molecule has 1 aromatic carbocycles. The van der Waals surface area contributed by atoms with Gasteiger partial charge in [0.1, 0.15) is 5.82 Å². The SMILES string of the molecule is Fc1ccccc1-c1ccc(Br)s1. The molecule has 0 radical (unpaired) electrons. The smallest absolute Gasteiger partial charge is 0.131 e. The summed E-state index contributed by atoms with van der Waals surface area (Å²) in [6, 6.07) is 10.6. The molecule has 0 aliphatic heterocycles. The summed E-state index contributed by atoms with van der Waals surface area (Å²) in [6.07, 6.45) is 0. The highest BCUT2D eigenvalue weighted by Gasteiger charge is 2.05. The van der Waals surface area contributed by atoms with E-state index in [1.54, 1.807) is 12.1 Å². The van der Waals surface area contributed by atoms with Crippen molar-refractivity contribution in [3.8, 4) is 10.4 Å². The van der Waals surface area contributed by atoms with Gasteiger partial charge in [-0.25, -0.2) is 4.39 Å². The van der Waals surface area contributed by atoms with E-state index in [9.17, 15) is 4.39 Å². The van der Waals surface area contributed by atoms with Crippen molar-refractivity contribution < 1.29 is 4.39 Å². The summed E-state index contributed by atoms with van der Waals surface area (Å²) in [5.41, 5.74) is 0.665. The highest BCUT2D eigenvalue weighted by molar-refractivity contribution is 9.11. The standard InChI is InChI=1S/C10H6BrFS/c11-10-6-5-9(13-10)7-3-1-2-4-8(7)12/h1-6H. The summed E-state index contributed by atoms with van der Waals surface area (Å²) in [4.78, 5) is 0.949. The van der Waals surface area contributed by atoms with Gasteiger partial charge in [-0.2, -0.15) is 0 Å².